The molecule has 1 aliphatic heterocycles. The fourth-order valence-corrected chi connectivity index (χ4v) is 0.970. The highest BCUT2D eigenvalue weighted by Gasteiger charge is 2.19. The lowest BCUT2D eigenvalue weighted by Gasteiger charge is -2.19. The minimum Gasteiger partial charge on any atom is -0.358 e. The largest absolute Gasteiger partial charge is 0.358 e. The Morgan fingerprint density at radius 3 is 3.10 bits per heavy atom. The van der Waals surface area contributed by atoms with Gasteiger partial charge < -0.3 is 5.32 Å². The molecule has 0 aliphatic carbocycles. The number of carbonyl (C=O) groups is 1. The second kappa shape index (κ2) is 3.53. The summed E-state index contributed by atoms with van der Waals surface area (Å²) in [4.78, 5) is 10.9. The summed E-state index contributed by atoms with van der Waals surface area (Å²) in [5.41, 5.74) is 6.75. The molecule has 1 amide bonds. The summed E-state index contributed by atoms with van der Waals surface area (Å²) in [6, 6.07) is -0.168. The van der Waals surface area contributed by atoms with E-state index in [0.29, 0.717) is 0 Å². The van der Waals surface area contributed by atoms with E-state index in [1.807, 2.05) is 0 Å². The lowest BCUT2D eigenvalue weighted by Crippen LogP contribution is -2.47. The Morgan fingerprint density at radius 2 is 2.60 bits per heavy atom. The summed E-state index contributed by atoms with van der Waals surface area (Å²) in [5, 5.41) is 2.56. The van der Waals surface area contributed by atoms with E-state index in [1.54, 1.807) is 7.05 Å². The van der Waals surface area contributed by atoms with Crippen molar-refractivity contribution in [1.82, 2.24) is 16.2 Å². The number of carbonyl (C=O) groups excluding carboxylic acids is 1. The third-order valence-electron chi connectivity index (χ3n) is 1.56. The standard InChI is InChI=1S/C6H12N3O/c1-7-6(10)5-3-2-4-8-9-5/h5,8H,2-4H2,1H3,(H,7,10). The van der Waals surface area contributed by atoms with E-state index in [-0.39, 0.29) is 11.9 Å². The molecule has 0 saturated carbocycles. The van der Waals surface area contributed by atoms with Gasteiger partial charge in [-0.05, 0) is 12.8 Å². The number of amides is 1. The van der Waals surface area contributed by atoms with E-state index in [2.05, 4.69) is 16.2 Å². The van der Waals surface area contributed by atoms with Crippen LogP contribution >= 0.6 is 0 Å². The molecule has 1 rings (SSSR count). The zero-order chi connectivity index (χ0) is 7.40. The minimum absolute atomic E-state index is 0.00667. The normalized spacial score (nSPS) is 25.9. The van der Waals surface area contributed by atoms with Crippen molar-refractivity contribution in [3.05, 3.63) is 0 Å². The molecule has 0 aromatic carbocycles. The minimum atomic E-state index is -0.168. The Morgan fingerprint density at radius 1 is 1.80 bits per heavy atom. The van der Waals surface area contributed by atoms with Crippen molar-refractivity contribution in [2.24, 2.45) is 0 Å². The highest BCUT2D eigenvalue weighted by molar-refractivity contribution is 5.81. The Kier molecular flexibility index (Phi) is 2.65. The van der Waals surface area contributed by atoms with Crippen LogP contribution in [0.3, 0.4) is 0 Å². The fourth-order valence-electron chi connectivity index (χ4n) is 0.970. The van der Waals surface area contributed by atoms with Crippen LogP contribution in [0.25, 0.3) is 0 Å². The third kappa shape index (κ3) is 1.68. The molecular formula is C6H12N3O. The van der Waals surface area contributed by atoms with Gasteiger partial charge in [-0.25, -0.2) is 5.43 Å². The van der Waals surface area contributed by atoms with Gasteiger partial charge >= 0.3 is 0 Å². The summed E-state index contributed by atoms with van der Waals surface area (Å²) in [6.07, 6.45) is 1.90. The summed E-state index contributed by atoms with van der Waals surface area (Å²) in [6.45, 7) is 0.896. The Bertz CT molecular complexity index is 120. The first kappa shape index (κ1) is 7.50. The van der Waals surface area contributed by atoms with E-state index in [9.17, 15) is 4.79 Å². The molecule has 1 aliphatic rings. The van der Waals surface area contributed by atoms with Crippen molar-refractivity contribution >= 4 is 5.91 Å². The molecule has 0 spiro atoms. The van der Waals surface area contributed by atoms with Gasteiger partial charge in [0.15, 0.2) is 0 Å². The summed E-state index contributed by atoms with van der Waals surface area (Å²) in [5.74, 6) is 0.00667. The highest BCUT2D eigenvalue weighted by Crippen LogP contribution is 2.00. The van der Waals surface area contributed by atoms with Crippen molar-refractivity contribution in [1.29, 1.82) is 0 Å². The lowest BCUT2D eigenvalue weighted by atomic mass is 10.1. The van der Waals surface area contributed by atoms with Gasteiger partial charge in [-0.1, -0.05) is 0 Å². The zero-order valence-electron chi connectivity index (χ0n) is 6.05. The third-order valence-corrected chi connectivity index (χ3v) is 1.56. The molecule has 1 saturated heterocycles. The van der Waals surface area contributed by atoms with Gasteiger partial charge in [0.2, 0.25) is 5.91 Å². The first-order chi connectivity index (χ1) is 4.84. The average Bonchev–Trinajstić information content (AvgIpc) is 2.05. The second-order valence-corrected chi connectivity index (χ2v) is 2.31. The van der Waals surface area contributed by atoms with Gasteiger partial charge in [-0.2, -0.15) is 5.43 Å². The van der Waals surface area contributed by atoms with E-state index in [0.717, 1.165) is 19.4 Å². The van der Waals surface area contributed by atoms with Crippen LogP contribution in [0.4, 0.5) is 0 Å². The SMILES string of the molecule is CNC(=O)C1CCCN[N]1. The fraction of sp³-hybridized carbons (Fsp3) is 0.833. The maximum Gasteiger partial charge on any atom is 0.240 e. The van der Waals surface area contributed by atoms with Crippen molar-refractivity contribution < 1.29 is 4.79 Å². The van der Waals surface area contributed by atoms with Crippen molar-refractivity contribution in [2.45, 2.75) is 18.9 Å². The molecule has 57 valence electrons. The van der Waals surface area contributed by atoms with Crippen LogP contribution in [0, 0.1) is 0 Å². The molecule has 2 N–H and O–H groups in total. The van der Waals surface area contributed by atoms with Crippen LogP contribution in [0.15, 0.2) is 0 Å². The molecule has 1 heterocycles. The predicted molar refractivity (Wildman–Crippen MR) is 37.2 cm³/mol. The van der Waals surface area contributed by atoms with Crippen molar-refractivity contribution in [3.63, 3.8) is 0 Å². The number of hydrogen-bond donors (Lipinski definition) is 2. The van der Waals surface area contributed by atoms with E-state index < -0.39 is 0 Å². The van der Waals surface area contributed by atoms with Crippen molar-refractivity contribution in [3.8, 4) is 0 Å². The van der Waals surface area contributed by atoms with Gasteiger partial charge in [0.25, 0.3) is 0 Å². The van der Waals surface area contributed by atoms with Gasteiger partial charge in [-0.15, -0.1) is 0 Å². The molecule has 0 aromatic rings. The zero-order valence-corrected chi connectivity index (χ0v) is 6.05. The number of nitrogens with zero attached hydrogens (tertiary/aromatic N) is 1. The van der Waals surface area contributed by atoms with Gasteiger partial charge in [-0.3, -0.25) is 4.79 Å². The van der Waals surface area contributed by atoms with Crippen LogP contribution in [-0.2, 0) is 4.79 Å². The summed E-state index contributed by atoms with van der Waals surface area (Å²) < 4.78 is 0. The van der Waals surface area contributed by atoms with E-state index in [1.165, 1.54) is 0 Å². The van der Waals surface area contributed by atoms with Crippen molar-refractivity contribution in [2.75, 3.05) is 13.6 Å². The first-order valence-corrected chi connectivity index (χ1v) is 3.49. The average molecular weight is 142 g/mol. The Labute approximate surface area is 60.3 Å². The molecule has 10 heavy (non-hydrogen) atoms. The Balaban J connectivity index is 2.31. The van der Waals surface area contributed by atoms with Crippen LogP contribution < -0.4 is 16.2 Å². The monoisotopic (exact) mass is 142 g/mol. The predicted octanol–water partition coefficient (Wildman–Crippen LogP) is -0.996. The second-order valence-electron chi connectivity index (χ2n) is 2.31. The summed E-state index contributed by atoms with van der Waals surface area (Å²) in [7, 11) is 1.63. The van der Waals surface area contributed by atoms with Gasteiger partial charge in [0.05, 0.1) is 0 Å². The molecule has 1 radical (unpaired) electrons. The molecule has 4 nitrogen and oxygen atoms in total. The van der Waals surface area contributed by atoms with E-state index >= 15 is 0 Å². The van der Waals surface area contributed by atoms with Gasteiger partial charge in [0, 0.05) is 13.6 Å². The number of likely N-dealkylation sites (N-methyl/N-ethyl adjacent to an activating group) is 1. The maximum atomic E-state index is 10.9. The molecule has 0 aromatic heterocycles. The van der Waals surface area contributed by atoms with Crippen LogP contribution in [0.1, 0.15) is 12.8 Å². The molecule has 0 bridgehead atoms. The number of hydrogen-bond acceptors (Lipinski definition) is 2. The first-order valence-electron chi connectivity index (χ1n) is 3.49. The van der Waals surface area contributed by atoms with Crippen LogP contribution in [0.5, 0.6) is 0 Å². The van der Waals surface area contributed by atoms with Crippen LogP contribution in [-0.4, -0.2) is 25.5 Å². The summed E-state index contributed by atoms with van der Waals surface area (Å²) >= 11 is 0. The van der Waals surface area contributed by atoms with Crippen LogP contribution in [0.2, 0.25) is 0 Å². The van der Waals surface area contributed by atoms with E-state index in [4.69, 9.17) is 0 Å². The number of nitrogens with one attached hydrogen (secondary N) is 2. The Hall–Kier alpha value is -0.610. The molecule has 4 heteroatoms. The molecular weight excluding hydrogens is 130 g/mol. The van der Waals surface area contributed by atoms with Gasteiger partial charge in [0.1, 0.15) is 6.04 Å². The highest BCUT2D eigenvalue weighted by atomic mass is 16.2. The quantitative estimate of drug-likeness (QED) is 0.493. The smallest absolute Gasteiger partial charge is 0.240 e. The lowest BCUT2D eigenvalue weighted by molar-refractivity contribution is -0.123. The molecule has 1 unspecified atom stereocenters. The topological polar surface area (TPSA) is 55.2 Å². The number of rotatable bonds is 1. The molecule has 1 atom stereocenters. The maximum absolute atomic E-state index is 10.9. The molecule has 1 fully saturated rings.